The van der Waals surface area contributed by atoms with Crippen LogP contribution in [0.2, 0.25) is 5.02 Å². The molecule has 2 aliphatic heterocycles. The summed E-state index contributed by atoms with van der Waals surface area (Å²) in [5.74, 6) is -0.194. The van der Waals surface area contributed by atoms with Crippen LogP contribution in [0.4, 0.5) is 5.69 Å². The fourth-order valence-corrected chi connectivity index (χ4v) is 3.21. The highest BCUT2D eigenvalue weighted by Gasteiger charge is 2.40. The Morgan fingerprint density at radius 3 is 2.67 bits per heavy atom. The minimum absolute atomic E-state index is 0.00870. The van der Waals surface area contributed by atoms with E-state index >= 15 is 0 Å². The molecule has 0 aliphatic carbocycles. The normalized spacial score (nSPS) is 19.7. The van der Waals surface area contributed by atoms with Crippen molar-refractivity contribution < 1.29 is 9.59 Å². The number of rotatable bonds is 1. The number of fused-ring (bicyclic) bond motifs is 1. The minimum atomic E-state index is -0.516. The highest BCUT2D eigenvalue weighted by molar-refractivity contribution is 6.31. The van der Waals surface area contributed by atoms with Crippen molar-refractivity contribution in [3.05, 3.63) is 28.8 Å². The minimum Gasteiger partial charge on any atom is -0.362 e. The molecule has 1 spiro atoms. The number of nitrogens with zero attached hydrogens (tertiary/aromatic N) is 1. The first-order valence-corrected chi connectivity index (χ1v) is 7.68. The predicted molar refractivity (Wildman–Crippen MR) is 81.8 cm³/mol. The van der Waals surface area contributed by atoms with E-state index in [0.29, 0.717) is 36.5 Å². The van der Waals surface area contributed by atoms with Crippen LogP contribution in [-0.4, -0.2) is 41.3 Å². The first-order valence-electron chi connectivity index (χ1n) is 6.77. The number of alkyl halides is 1. The summed E-state index contributed by atoms with van der Waals surface area (Å²) in [7, 11) is 0. The van der Waals surface area contributed by atoms with Gasteiger partial charge in [-0.1, -0.05) is 11.6 Å². The van der Waals surface area contributed by atoms with Crippen LogP contribution >= 0.6 is 23.2 Å². The second kappa shape index (κ2) is 5.39. The number of nitrogens with one attached hydrogen (secondary N) is 2. The van der Waals surface area contributed by atoms with Gasteiger partial charge in [0.15, 0.2) is 0 Å². The lowest BCUT2D eigenvalue weighted by Crippen LogP contribution is -2.62. The average molecular weight is 328 g/mol. The van der Waals surface area contributed by atoms with Crippen molar-refractivity contribution in [3.8, 4) is 0 Å². The van der Waals surface area contributed by atoms with Gasteiger partial charge in [0.1, 0.15) is 11.5 Å². The van der Waals surface area contributed by atoms with Crippen LogP contribution in [0.1, 0.15) is 23.2 Å². The average Bonchev–Trinajstić information content (AvgIpc) is 2.46. The fourth-order valence-electron chi connectivity index (χ4n) is 2.86. The number of hydrogen-bond acceptors (Lipinski definition) is 3. The number of halogens is 2. The molecular weight excluding hydrogens is 313 g/mol. The van der Waals surface area contributed by atoms with E-state index in [0.717, 1.165) is 5.69 Å². The van der Waals surface area contributed by atoms with Crippen molar-refractivity contribution >= 4 is 40.7 Å². The molecule has 7 heteroatoms. The number of carbonyl (C=O) groups excluding carboxylic acids is 2. The largest absolute Gasteiger partial charge is 0.362 e. The molecule has 0 saturated carbocycles. The summed E-state index contributed by atoms with van der Waals surface area (Å²) in [5.41, 5.74) is 0.811. The van der Waals surface area contributed by atoms with Crippen molar-refractivity contribution in [2.75, 3.05) is 24.3 Å². The van der Waals surface area contributed by atoms with E-state index in [-0.39, 0.29) is 17.7 Å². The van der Waals surface area contributed by atoms with Gasteiger partial charge in [-0.25, -0.2) is 0 Å². The topological polar surface area (TPSA) is 61.4 Å². The molecule has 0 bridgehead atoms. The zero-order valence-electron chi connectivity index (χ0n) is 11.3. The molecule has 112 valence electrons. The van der Waals surface area contributed by atoms with Gasteiger partial charge in [0, 0.05) is 31.0 Å². The Labute approximate surface area is 132 Å². The van der Waals surface area contributed by atoms with Crippen LogP contribution < -0.4 is 10.6 Å². The van der Waals surface area contributed by atoms with Gasteiger partial charge in [-0.2, -0.15) is 0 Å². The Kier molecular flexibility index (Phi) is 3.71. The number of hydrogen-bond donors (Lipinski definition) is 2. The molecule has 2 amide bonds. The molecule has 2 heterocycles. The van der Waals surface area contributed by atoms with Crippen LogP contribution in [-0.2, 0) is 4.79 Å². The third-order valence-electron chi connectivity index (χ3n) is 4.04. The van der Waals surface area contributed by atoms with E-state index in [2.05, 4.69) is 10.6 Å². The zero-order valence-corrected chi connectivity index (χ0v) is 12.8. The summed E-state index contributed by atoms with van der Waals surface area (Å²) < 4.78 is 0. The van der Waals surface area contributed by atoms with E-state index < -0.39 is 5.66 Å². The molecule has 2 aliphatic rings. The summed E-state index contributed by atoms with van der Waals surface area (Å²) >= 11 is 11.6. The van der Waals surface area contributed by atoms with E-state index in [9.17, 15) is 9.59 Å². The van der Waals surface area contributed by atoms with Gasteiger partial charge in [0.25, 0.3) is 5.91 Å². The molecule has 1 aromatic carbocycles. The molecule has 1 fully saturated rings. The van der Waals surface area contributed by atoms with Crippen molar-refractivity contribution in [2.24, 2.45) is 0 Å². The quantitative estimate of drug-likeness (QED) is 0.776. The molecule has 0 aromatic heterocycles. The second-order valence-corrected chi connectivity index (χ2v) is 6.07. The standard InChI is InChI=1S/C14H15Cl2N3O2/c15-8-12(20)19-5-3-14(4-6-19)17-11-7-9(16)1-2-10(11)13(21)18-14/h1-2,7,17H,3-6,8H2,(H,18,21). The lowest BCUT2D eigenvalue weighted by Gasteiger charge is -2.45. The van der Waals surface area contributed by atoms with Crippen molar-refractivity contribution in [1.82, 2.24) is 10.2 Å². The predicted octanol–water partition coefficient (Wildman–Crippen LogP) is 2.05. The second-order valence-electron chi connectivity index (χ2n) is 5.37. The summed E-state index contributed by atoms with van der Waals surface area (Å²) in [6, 6.07) is 5.16. The van der Waals surface area contributed by atoms with Crippen LogP contribution in [0.5, 0.6) is 0 Å². The van der Waals surface area contributed by atoms with Gasteiger partial charge in [-0.15, -0.1) is 11.6 Å². The van der Waals surface area contributed by atoms with Crippen LogP contribution in [0.15, 0.2) is 18.2 Å². The molecule has 1 aromatic rings. The summed E-state index contributed by atoms with van der Waals surface area (Å²) in [4.78, 5) is 25.6. The molecule has 0 unspecified atom stereocenters. The molecule has 5 nitrogen and oxygen atoms in total. The smallest absolute Gasteiger partial charge is 0.255 e. The summed E-state index contributed by atoms with van der Waals surface area (Å²) in [5, 5.41) is 6.98. The maximum Gasteiger partial charge on any atom is 0.255 e. The molecule has 2 N–H and O–H groups in total. The lowest BCUT2D eigenvalue weighted by atomic mass is 9.92. The monoisotopic (exact) mass is 327 g/mol. The number of benzene rings is 1. The number of anilines is 1. The first-order chi connectivity index (χ1) is 10.0. The number of piperidine rings is 1. The number of carbonyl (C=O) groups is 2. The summed E-state index contributed by atoms with van der Waals surface area (Å²) in [6.45, 7) is 1.13. The van der Waals surface area contributed by atoms with Gasteiger partial charge in [0.2, 0.25) is 5.91 Å². The van der Waals surface area contributed by atoms with E-state index in [1.165, 1.54) is 0 Å². The zero-order chi connectivity index (χ0) is 15.0. The third kappa shape index (κ3) is 2.68. The van der Waals surface area contributed by atoms with Crippen LogP contribution in [0.25, 0.3) is 0 Å². The molecular formula is C14H15Cl2N3O2. The molecule has 0 radical (unpaired) electrons. The van der Waals surface area contributed by atoms with Crippen LogP contribution in [0.3, 0.4) is 0 Å². The Morgan fingerprint density at radius 1 is 1.29 bits per heavy atom. The fraction of sp³-hybridized carbons (Fsp3) is 0.429. The van der Waals surface area contributed by atoms with Crippen molar-refractivity contribution in [3.63, 3.8) is 0 Å². The first kappa shape index (κ1) is 14.5. The Hall–Kier alpha value is -1.46. The third-order valence-corrected chi connectivity index (χ3v) is 4.50. The van der Waals surface area contributed by atoms with Gasteiger partial charge in [-0.05, 0) is 18.2 Å². The molecule has 1 saturated heterocycles. The highest BCUT2D eigenvalue weighted by Crippen LogP contribution is 2.32. The number of likely N-dealkylation sites (tertiary alicyclic amines) is 1. The molecule has 0 atom stereocenters. The van der Waals surface area contributed by atoms with E-state index in [1.807, 2.05) is 0 Å². The maximum absolute atomic E-state index is 12.2. The van der Waals surface area contributed by atoms with Gasteiger partial charge in [-0.3, -0.25) is 9.59 Å². The summed E-state index contributed by atoms with van der Waals surface area (Å²) in [6.07, 6.45) is 1.26. The van der Waals surface area contributed by atoms with E-state index in [1.54, 1.807) is 23.1 Å². The Bertz CT molecular complexity index is 598. The van der Waals surface area contributed by atoms with Crippen molar-refractivity contribution in [1.29, 1.82) is 0 Å². The Morgan fingerprint density at radius 2 is 2.00 bits per heavy atom. The highest BCUT2D eigenvalue weighted by atomic mass is 35.5. The van der Waals surface area contributed by atoms with Gasteiger partial charge >= 0.3 is 0 Å². The number of amides is 2. The SMILES string of the molecule is O=C1NC2(CCN(C(=O)CCl)CC2)Nc2cc(Cl)ccc21. The Balaban J connectivity index is 1.80. The van der Waals surface area contributed by atoms with Gasteiger partial charge < -0.3 is 15.5 Å². The van der Waals surface area contributed by atoms with Crippen molar-refractivity contribution in [2.45, 2.75) is 18.5 Å². The lowest BCUT2D eigenvalue weighted by molar-refractivity contribution is -0.129. The molecule has 3 rings (SSSR count). The van der Waals surface area contributed by atoms with E-state index in [4.69, 9.17) is 23.2 Å². The van der Waals surface area contributed by atoms with Crippen LogP contribution in [0, 0.1) is 0 Å². The molecule has 21 heavy (non-hydrogen) atoms. The van der Waals surface area contributed by atoms with Gasteiger partial charge in [0.05, 0.1) is 11.3 Å². The maximum atomic E-state index is 12.2.